The first-order chi connectivity index (χ1) is 17.9. The molecule has 1 N–H and O–H groups in total. The van der Waals surface area contributed by atoms with E-state index >= 15 is 0 Å². The second-order valence-corrected chi connectivity index (χ2v) is 9.64. The van der Waals surface area contributed by atoms with Crippen LogP contribution in [0.25, 0.3) is 10.9 Å². The smallest absolute Gasteiger partial charge is 0.274 e. The molecule has 1 fully saturated rings. The number of nitrogens with one attached hydrogen (secondary N) is 1. The molecule has 0 bridgehead atoms. The molecule has 9 heteroatoms. The number of anilines is 2. The minimum absolute atomic E-state index is 0.278. The molecule has 0 atom stereocenters. The van der Waals surface area contributed by atoms with Crippen molar-refractivity contribution in [1.29, 1.82) is 0 Å². The zero-order chi connectivity index (χ0) is 26.4. The molecule has 0 saturated carbocycles. The molecule has 1 aliphatic heterocycles. The number of amides is 1. The van der Waals surface area contributed by atoms with Gasteiger partial charge in [0.2, 0.25) is 11.8 Å². The highest BCUT2D eigenvalue weighted by atomic mass is 16.5. The van der Waals surface area contributed by atoms with Crippen LogP contribution >= 0.6 is 0 Å². The van der Waals surface area contributed by atoms with E-state index in [0.29, 0.717) is 24.1 Å². The van der Waals surface area contributed by atoms with Gasteiger partial charge in [0.25, 0.3) is 5.91 Å². The van der Waals surface area contributed by atoms with Gasteiger partial charge in [-0.3, -0.25) is 9.69 Å². The molecule has 3 aromatic rings. The Morgan fingerprint density at radius 2 is 1.84 bits per heavy atom. The second-order valence-electron chi connectivity index (χ2n) is 9.64. The Labute approximate surface area is 219 Å². The predicted octanol–water partition coefficient (Wildman–Crippen LogP) is 4.17. The van der Waals surface area contributed by atoms with Crippen molar-refractivity contribution in [3.8, 4) is 5.88 Å². The molecule has 3 heterocycles. The first-order valence-corrected chi connectivity index (χ1v) is 13.3. The largest absolute Gasteiger partial charge is 0.476 e. The molecule has 0 aliphatic carbocycles. The summed E-state index contributed by atoms with van der Waals surface area (Å²) >= 11 is 0. The van der Waals surface area contributed by atoms with E-state index < -0.39 is 0 Å². The van der Waals surface area contributed by atoms with Gasteiger partial charge in [-0.1, -0.05) is 13.8 Å². The van der Waals surface area contributed by atoms with Crippen LogP contribution < -0.4 is 15.0 Å². The topological polar surface area (TPSA) is 84.7 Å². The standard InChI is InChI=1S/C28H40N6O3/c1-6-10-34(11-7-2)28-30-24(19-26(31-28)37-17-14-33-12-15-36-16-13-33)27(35)29-22-8-9-25-23(18-22)20(3)21(4)32(25)5/h8-9,18-19H,6-7,10-17H2,1-5H3,(H,29,35). The Morgan fingerprint density at radius 1 is 1.11 bits per heavy atom. The first kappa shape index (κ1) is 26.9. The number of nitrogens with zero attached hydrogens (tertiary/aromatic N) is 5. The number of hydrogen-bond acceptors (Lipinski definition) is 7. The number of hydrogen-bond donors (Lipinski definition) is 1. The molecule has 0 radical (unpaired) electrons. The Balaban J connectivity index is 1.56. The average molecular weight is 509 g/mol. The van der Waals surface area contributed by atoms with E-state index in [9.17, 15) is 4.79 Å². The lowest BCUT2D eigenvalue weighted by Crippen LogP contribution is -2.38. The molecule has 9 nitrogen and oxygen atoms in total. The Morgan fingerprint density at radius 3 is 2.54 bits per heavy atom. The molecular formula is C28H40N6O3. The number of morpholine rings is 1. The van der Waals surface area contributed by atoms with E-state index in [0.717, 1.165) is 75.4 Å². The molecule has 2 aromatic heterocycles. The van der Waals surface area contributed by atoms with Crippen molar-refractivity contribution in [3.63, 3.8) is 0 Å². The lowest BCUT2D eigenvalue weighted by atomic mass is 10.1. The first-order valence-electron chi connectivity index (χ1n) is 13.3. The summed E-state index contributed by atoms with van der Waals surface area (Å²) in [7, 11) is 2.06. The molecule has 37 heavy (non-hydrogen) atoms. The van der Waals surface area contributed by atoms with Crippen LogP contribution in [0.4, 0.5) is 11.6 Å². The Kier molecular flexibility index (Phi) is 9.00. The summed E-state index contributed by atoms with van der Waals surface area (Å²) < 4.78 is 13.6. The summed E-state index contributed by atoms with van der Waals surface area (Å²) in [6.45, 7) is 14.7. The van der Waals surface area contributed by atoms with Crippen molar-refractivity contribution in [1.82, 2.24) is 19.4 Å². The number of aryl methyl sites for hydroxylation is 2. The molecule has 4 rings (SSSR count). The summed E-state index contributed by atoms with van der Waals surface area (Å²) in [5.74, 6) is 0.674. The van der Waals surface area contributed by atoms with E-state index in [1.165, 1.54) is 11.3 Å². The minimum Gasteiger partial charge on any atom is -0.476 e. The summed E-state index contributed by atoms with van der Waals surface area (Å²) in [6, 6.07) is 7.64. The fourth-order valence-corrected chi connectivity index (χ4v) is 4.73. The van der Waals surface area contributed by atoms with Gasteiger partial charge in [-0.05, 0) is 50.5 Å². The fourth-order valence-electron chi connectivity index (χ4n) is 4.73. The van der Waals surface area contributed by atoms with E-state index in [1.807, 2.05) is 18.2 Å². The van der Waals surface area contributed by atoms with E-state index in [-0.39, 0.29) is 5.91 Å². The monoisotopic (exact) mass is 508 g/mol. The number of fused-ring (bicyclic) bond motifs is 1. The Hall–Kier alpha value is -3.17. The predicted molar refractivity (Wildman–Crippen MR) is 148 cm³/mol. The summed E-state index contributed by atoms with van der Waals surface area (Å²) in [5.41, 5.74) is 4.60. The average Bonchev–Trinajstić information content (AvgIpc) is 3.12. The normalized spacial score (nSPS) is 14.2. The summed E-state index contributed by atoms with van der Waals surface area (Å²) in [4.78, 5) is 27.1. The third-order valence-corrected chi connectivity index (χ3v) is 7.02. The second kappa shape index (κ2) is 12.4. The number of carbonyl (C=O) groups is 1. The number of carbonyl (C=O) groups excluding carboxylic acids is 1. The van der Waals surface area contributed by atoms with Crippen molar-refractivity contribution in [2.75, 3.05) is 62.8 Å². The van der Waals surface area contributed by atoms with Crippen LogP contribution in [0.1, 0.15) is 48.4 Å². The molecule has 1 saturated heterocycles. The maximum absolute atomic E-state index is 13.4. The number of aromatic nitrogens is 3. The minimum atomic E-state index is -0.278. The van der Waals surface area contributed by atoms with E-state index in [4.69, 9.17) is 9.47 Å². The van der Waals surface area contributed by atoms with Crippen molar-refractivity contribution < 1.29 is 14.3 Å². The van der Waals surface area contributed by atoms with Crippen molar-refractivity contribution in [2.24, 2.45) is 7.05 Å². The third-order valence-electron chi connectivity index (χ3n) is 7.02. The molecule has 1 aromatic carbocycles. The Bertz CT molecular complexity index is 1210. The molecule has 0 spiro atoms. The van der Waals surface area contributed by atoms with Gasteiger partial charge in [0.15, 0.2) is 0 Å². The van der Waals surface area contributed by atoms with Crippen molar-refractivity contribution >= 4 is 28.4 Å². The molecule has 1 amide bonds. The highest BCUT2D eigenvalue weighted by Crippen LogP contribution is 2.27. The third kappa shape index (κ3) is 6.40. The van der Waals surface area contributed by atoms with Crippen LogP contribution in [0, 0.1) is 13.8 Å². The zero-order valence-corrected chi connectivity index (χ0v) is 22.8. The van der Waals surface area contributed by atoms with Gasteiger partial charge in [0, 0.05) is 68.1 Å². The lowest BCUT2D eigenvalue weighted by molar-refractivity contribution is 0.0320. The van der Waals surface area contributed by atoms with Gasteiger partial charge < -0.3 is 24.3 Å². The maximum Gasteiger partial charge on any atom is 0.274 e. The molecule has 1 aliphatic rings. The lowest BCUT2D eigenvalue weighted by Gasteiger charge is -2.26. The number of benzene rings is 1. The quantitative estimate of drug-likeness (QED) is 0.416. The van der Waals surface area contributed by atoms with Crippen LogP contribution in [-0.4, -0.2) is 77.9 Å². The highest BCUT2D eigenvalue weighted by Gasteiger charge is 2.18. The fraction of sp³-hybridized carbons (Fsp3) is 0.536. The van der Waals surface area contributed by atoms with Crippen molar-refractivity contribution in [2.45, 2.75) is 40.5 Å². The van der Waals surface area contributed by atoms with Crippen LogP contribution in [0.3, 0.4) is 0 Å². The molecule has 200 valence electrons. The van der Waals surface area contributed by atoms with Crippen LogP contribution in [0.15, 0.2) is 24.3 Å². The van der Waals surface area contributed by atoms with Crippen LogP contribution in [-0.2, 0) is 11.8 Å². The van der Waals surface area contributed by atoms with Gasteiger partial charge >= 0.3 is 0 Å². The van der Waals surface area contributed by atoms with Gasteiger partial charge in [-0.2, -0.15) is 4.98 Å². The van der Waals surface area contributed by atoms with Crippen LogP contribution in [0.5, 0.6) is 5.88 Å². The van der Waals surface area contributed by atoms with Crippen LogP contribution in [0.2, 0.25) is 0 Å². The van der Waals surface area contributed by atoms with Gasteiger partial charge in [-0.25, -0.2) is 4.98 Å². The number of ether oxygens (including phenoxy) is 2. The SMILES string of the molecule is CCCN(CCC)c1nc(OCCN2CCOCC2)cc(C(=O)Nc2ccc3c(c2)c(C)c(C)n3C)n1. The van der Waals surface area contributed by atoms with E-state index in [2.05, 4.69) is 64.4 Å². The molecule has 0 unspecified atom stereocenters. The van der Waals surface area contributed by atoms with Gasteiger partial charge in [0.05, 0.1) is 13.2 Å². The summed E-state index contributed by atoms with van der Waals surface area (Å²) in [6.07, 6.45) is 1.92. The summed E-state index contributed by atoms with van der Waals surface area (Å²) in [5, 5.41) is 4.17. The zero-order valence-electron chi connectivity index (χ0n) is 22.8. The maximum atomic E-state index is 13.4. The highest BCUT2D eigenvalue weighted by molar-refractivity contribution is 6.04. The number of rotatable bonds is 11. The van der Waals surface area contributed by atoms with Gasteiger partial charge in [-0.15, -0.1) is 0 Å². The van der Waals surface area contributed by atoms with Gasteiger partial charge in [0.1, 0.15) is 12.3 Å². The van der Waals surface area contributed by atoms with Crippen molar-refractivity contribution in [3.05, 3.63) is 41.2 Å². The van der Waals surface area contributed by atoms with E-state index in [1.54, 1.807) is 6.07 Å². The molecular weight excluding hydrogens is 468 g/mol.